The summed E-state index contributed by atoms with van der Waals surface area (Å²) in [5, 5.41) is 7.77. The molecule has 0 aliphatic carbocycles. The molecular weight excluding hydrogens is 316 g/mol. The number of morpholine rings is 1. The lowest BCUT2D eigenvalue weighted by Crippen LogP contribution is -2.40. The fourth-order valence-electron chi connectivity index (χ4n) is 3.61. The summed E-state index contributed by atoms with van der Waals surface area (Å²) in [5.74, 6) is 1.63. The molecule has 25 heavy (non-hydrogen) atoms. The molecule has 0 bridgehead atoms. The van der Waals surface area contributed by atoms with E-state index in [0.29, 0.717) is 5.92 Å². The highest BCUT2D eigenvalue weighted by atomic mass is 16.5. The lowest BCUT2D eigenvalue weighted by molar-refractivity contribution is 0.0377. The van der Waals surface area contributed by atoms with Crippen molar-refractivity contribution in [3.63, 3.8) is 0 Å². The minimum Gasteiger partial charge on any atom is -0.379 e. The first kappa shape index (κ1) is 18.2. The van der Waals surface area contributed by atoms with Gasteiger partial charge >= 0.3 is 0 Å². The Hall–Kier alpha value is -1.60. The van der Waals surface area contributed by atoms with Crippen LogP contribution in [0.25, 0.3) is 0 Å². The predicted molar refractivity (Wildman–Crippen MR) is 100.0 cm³/mol. The van der Waals surface area contributed by atoms with Crippen molar-refractivity contribution in [2.24, 2.45) is 12.0 Å². The number of likely N-dealkylation sites (tertiary alicyclic amines) is 1. The molecule has 140 valence electrons. The fraction of sp³-hybridized carbons (Fsp3) is 0.778. The Morgan fingerprint density at radius 2 is 2.20 bits per heavy atom. The van der Waals surface area contributed by atoms with Gasteiger partial charge in [0.2, 0.25) is 0 Å². The number of hydrogen-bond donors (Lipinski definition) is 1. The summed E-state index contributed by atoms with van der Waals surface area (Å²) in [4.78, 5) is 9.74. The standard InChI is InChI=1S/C18H32N6O/c1-3-19-18(20-6-4-7-23-9-11-25-12-10-23)24-8-5-16(15-24)17-13-21-22(2)14-17/h13-14,16H,3-12,15H2,1-2H3,(H,19,20). The lowest BCUT2D eigenvalue weighted by Gasteiger charge is -2.26. The van der Waals surface area contributed by atoms with E-state index in [1.54, 1.807) is 0 Å². The maximum absolute atomic E-state index is 5.40. The van der Waals surface area contributed by atoms with Crippen molar-refractivity contribution in [3.8, 4) is 0 Å². The van der Waals surface area contributed by atoms with E-state index in [1.807, 2.05) is 17.9 Å². The Balaban J connectivity index is 1.48. The molecule has 1 aromatic rings. The zero-order chi connectivity index (χ0) is 17.5. The highest BCUT2D eigenvalue weighted by molar-refractivity contribution is 5.80. The van der Waals surface area contributed by atoms with E-state index in [2.05, 4.69) is 33.3 Å². The summed E-state index contributed by atoms with van der Waals surface area (Å²) in [6, 6.07) is 0. The van der Waals surface area contributed by atoms with E-state index < -0.39 is 0 Å². The van der Waals surface area contributed by atoms with Crippen molar-refractivity contribution in [1.29, 1.82) is 0 Å². The van der Waals surface area contributed by atoms with Gasteiger partial charge in [0.25, 0.3) is 0 Å². The van der Waals surface area contributed by atoms with E-state index in [4.69, 9.17) is 9.73 Å². The number of aromatic nitrogens is 2. The molecular formula is C18H32N6O. The van der Waals surface area contributed by atoms with Gasteiger partial charge in [-0.2, -0.15) is 5.10 Å². The van der Waals surface area contributed by atoms with E-state index in [9.17, 15) is 0 Å². The largest absolute Gasteiger partial charge is 0.379 e. The van der Waals surface area contributed by atoms with Gasteiger partial charge in [0.05, 0.1) is 19.4 Å². The first-order chi connectivity index (χ1) is 12.3. The third-order valence-electron chi connectivity index (χ3n) is 5.02. The van der Waals surface area contributed by atoms with Crippen LogP contribution < -0.4 is 5.32 Å². The summed E-state index contributed by atoms with van der Waals surface area (Å²) >= 11 is 0. The SMILES string of the molecule is CCNC(=NCCCN1CCOCC1)N1CCC(c2cnn(C)c2)C1. The van der Waals surface area contributed by atoms with E-state index in [0.717, 1.165) is 71.4 Å². The van der Waals surface area contributed by atoms with E-state index in [1.165, 1.54) is 12.0 Å². The first-order valence-electron chi connectivity index (χ1n) is 9.58. The highest BCUT2D eigenvalue weighted by Gasteiger charge is 2.26. The minimum absolute atomic E-state index is 0.561. The minimum atomic E-state index is 0.561. The summed E-state index contributed by atoms with van der Waals surface area (Å²) in [6.45, 7) is 11.0. The molecule has 3 rings (SSSR count). The van der Waals surface area contributed by atoms with Crippen LogP contribution in [-0.4, -0.2) is 84.6 Å². The Kier molecular flexibility index (Phi) is 6.69. The second-order valence-electron chi connectivity index (χ2n) is 6.92. The number of aryl methyl sites for hydroxylation is 1. The molecule has 0 spiro atoms. The number of ether oxygens (including phenoxy) is 1. The van der Waals surface area contributed by atoms with Gasteiger partial charge in [-0.15, -0.1) is 0 Å². The Morgan fingerprint density at radius 3 is 2.92 bits per heavy atom. The number of rotatable bonds is 6. The zero-order valence-corrected chi connectivity index (χ0v) is 15.7. The average Bonchev–Trinajstić information content (AvgIpc) is 3.27. The van der Waals surface area contributed by atoms with Crippen LogP contribution in [0.15, 0.2) is 17.4 Å². The molecule has 0 saturated carbocycles. The van der Waals surface area contributed by atoms with Gasteiger partial charge in [-0.1, -0.05) is 0 Å². The summed E-state index contributed by atoms with van der Waals surface area (Å²) in [7, 11) is 1.98. The van der Waals surface area contributed by atoms with Crippen LogP contribution in [0.5, 0.6) is 0 Å². The van der Waals surface area contributed by atoms with Crippen LogP contribution in [-0.2, 0) is 11.8 Å². The summed E-state index contributed by atoms with van der Waals surface area (Å²) < 4.78 is 7.29. The number of nitrogens with zero attached hydrogens (tertiary/aromatic N) is 5. The third-order valence-corrected chi connectivity index (χ3v) is 5.02. The second-order valence-corrected chi connectivity index (χ2v) is 6.92. The predicted octanol–water partition coefficient (Wildman–Crippen LogP) is 0.897. The molecule has 2 aliphatic rings. The topological polar surface area (TPSA) is 57.9 Å². The smallest absolute Gasteiger partial charge is 0.193 e. The van der Waals surface area contributed by atoms with Gasteiger partial charge in [-0.3, -0.25) is 14.6 Å². The molecule has 1 N–H and O–H groups in total. The van der Waals surface area contributed by atoms with Crippen molar-refractivity contribution in [2.75, 3.05) is 59.0 Å². The normalized spacial score (nSPS) is 22.6. The van der Waals surface area contributed by atoms with Crippen molar-refractivity contribution in [2.45, 2.75) is 25.7 Å². The van der Waals surface area contributed by atoms with Crippen molar-refractivity contribution < 1.29 is 4.74 Å². The summed E-state index contributed by atoms with van der Waals surface area (Å²) in [6.07, 6.45) is 6.42. The monoisotopic (exact) mass is 348 g/mol. The molecule has 1 unspecified atom stereocenters. The number of nitrogens with one attached hydrogen (secondary N) is 1. The van der Waals surface area contributed by atoms with Crippen molar-refractivity contribution in [3.05, 3.63) is 18.0 Å². The molecule has 2 fully saturated rings. The average molecular weight is 348 g/mol. The van der Waals surface area contributed by atoms with Crippen LogP contribution in [0.1, 0.15) is 31.2 Å². The van der Waals surface area contributed by atoms with Crippen LogP contribution in [0.3, 0.4) is 0 Å². The maximum Gasteiger partial charge on any atom is 0.193 e. The third kappa shape index (κ3) is 5.19. The summed E-state index contributed by atoms with van der Waals surface area (Å²) in [5.41, 5.74) is 1.34. The maximum atomic E-state index is 5.40. The van der Waals surface area contributed by atoms with E-state index in [-0.39, 0.29) is 0 Å². The van der Waals surface area contributed by atoms with Gasteiger partial charge < -0.3 is 15.0 Å². The quantitative estimate of drug-likeness (QED) is 0.470. The highest BCUT2D eigenvalue weighted by Crippen LogP contribution is 2.26. The van der Waals surface area contributed by atoms with Gasteiger partial charge in [0.1, 0.15) is 0 Å². The first-order valence-corrected chi connectivity index (χ1v) is 9.58. The fourth-order valence-corrected chi connectivity index (χ4v) is 3.61. The molecule has 1 atom stereocenters. The van der Waals surface area contributed by atoms with Crippen molar-refractivity contribution >= 4 is 5.96 Å². The van der Waals surface area contributed by atoms with Crippen molar-refractivity contribution in [1.82, 2.24) is 24.9 Å². The van der Waals surface area contributed by atoms with Crippen LogP contribution in [0.4, 0.5) is 0 Å². The Morgan fingerprint density at radius 1 is 1.36 bits per heavy atom. The number of hydrogen-bond acceptors (Lipinski definition) is 4. The molecule has 0 aromatic carbocycles. The molecule has 2 aliphatic heterocycles. The Labute approximate surface area is 151 Å². The van der Waals surface area contributed by atoms with Crippen LogP contribution in [0, 0.1) is 0 Å². The molecule has 0 radical (unpaired) electrons. The molecule has 1 aromatic heterocycles. The number of aliphatic imine (C=N–C) groups is 1. The molecule has 7 nitrogen and oxygen atoms in total. The van der Waals surface area contributed by atoms with Crippen LogP contribution >= 0.6 is 0 Å². The van der Waals surface area contributed by atoms with E-state index >= 15 is 0 Å². The zero-order valence-electron chi connectivity index (χ0n) is 15.7. The lowest BCUT2D eigenvalue weighted by atomic mass is 10.0. The molecule has 3 heterocycles. The molecule has 0 amide bonds. The molecule has 2 saturated heterocycles. The van der Waals surface area contributed by atoms with Gasteiger partial charge in [0, 0.05) is 65.0 Å². The van der Waals surface area contributed by atoms with Gasteiger partial charge in [0.15, 0.2) is 5.96 Å². The second kappa shape index (κ2) is 9.20. The Bertz CT molecular complexity index is 552. The van der Waals surface area contributed by atoms with Crippen LogP contribution in [0.2, 0.25) is 0 Å². The van der Waals surface area contributed by atoms with Gasteiger partial charge in [-0.05, 0) is 25.3 Å². The molecule has 7 heteroatoms. The van der Waals surface area contributed by atoms with Gasteiger partial charge in [-0.25, -0.2) is 0 Å². The number of guanidine groups is 1.